The predicted octanol–water partition coefficient (Wildman–Crippen LogP) is 6.26. The van der Waals surface area contributed by atoms with Gasteiger partial charge in [-0.25, -0.2) is 4.98 Å². The Balaban J connectivity index is 0.000000271. The summed E-state index contributed by atoms with van der Waals surface area (Å²) >= 11 is 12.2. The van der Waals surface area contributed by atoms with Crippen LogP contribution < -0.4 is 0 Å². The van der Waals surface area contributed by atoms with Crippen molar-refractivity contribution in [3.8, 4) is 0 Å². The summed E-state index contributed by atoms with van der Waals surface area (Å²) in [5.41, 5.74) is 0.802. The molecule has 0 radical (unpaired) electrons. The molecular formula is C22H21ClN2OS2. The molecule has 4 rings (SSSR count). The zero-order valence-electron chi connectivity index (χ0n) is 15.3. The molecule has 144 valence electrons. The first-order chi connectivity index (χ1) is 13.6. The van der Waals surface area contributed by atoms with Crippen molar-refractivity contribution in [3.05, 3.63) is 88.3 Å². The lowest BCUT2D eigenvalue weighted by atomic mass is 9.62. The third-order valence-corrected chi connectivity index (χ3v) is 6.26. The van der Waals surface area contributed by atoms with E-state index >= 15 is 0 Å². The summed E-state index contributed by atoms with van der Waals surface area (Å²) in [7, 11) is 0. The first-order valence-electron chi connectivity index (χ1n) is 9.07. The molecule has 3 nitrogen and oxygen atoms in total. The highest BCUT2D eigenvalue weighted by Gasteiger charge is 2.44. The van der Waals surface area contributed by atoms with Gasteiger partial charge in [0.1, 0.15) is 4.64 Å². The number of halogens is 1. The number of nitrogens with one attached hydrogen (secondary N) is 1. The van der Waals surface area contributed by atoms with Gasteiger partial charge in [0.2, 0.25) is 0 Å². The summed E-state index contributed by atoms with van der Waals surface area (Å²) in [5.74, 6) is 0.770. The minimum atomic E-state index is -0.299. The van der Waals surface area contributed by atoms with Crippen molar-refractivity contribution in [1.29, 1.82) is 0 Å². The highest BCUT2D eigenvalue weighted by Crippen LogP contribution is 2.45. The Kier molecular flexibility index (Phi) is 7.43. The van der Waals surface area contributed by atoms with E-state index in [1.165, 1.54) is 11.8 Å². The van der Waals surface area contributed by atoms with Crippen LogP contribution in [0.5, 0.6) is 0 Å². The lowest BCUT2D eigenvalue weighted by Crippen LogP contribution is -2.43. The van der Waals surface area contributed by atoms with Crippen LogP contribution in [0.15, 0.2) is 78.1 Å². The number of Topliss-reactive ketones (excluding diaryl/α,β-unsaturated/α-hetero) is 1. The summed E-state index contributed by atoms with van der Waals surface area (Å²) in [6.45, 7) is 0. The topological polar surface area (TPSA) is 45.8 Å². The molecule has 28 heavy (non-hydrogen) atoms. The Morgan fingerprint density at radius 3 is 2.36 bits per heavy atom. The van der Waals surface area contributed by atoms with Gasteiger partial charge in [0.25, 0.3) is 0 Å². The number of hydrogen-bond donors (Lipinski definition) is 1. The van der Waals surface area contributed by atoms with Crippen LogP contribution in [0.3, 0.4) is 0 Å². The smallest absolute Gasteiger partial charge is 0.153 e. The fourth-order valence-corrected chi connectivity index (χ4v) is 4.25. The Hall–Kier alpha value is -1.95. The van der Waals surface area contributed by atoms with E-state index in [2.05, 4.69) is 9.97 Å². The molecule has 2 aromatic heterocycles. The van der Waals surface area contributed by atoms with Crippen LogP contribution in [0.25, 0.3) is 0 Å². The number of aromatic amines is 1. The summed E-state index contributed by atoms with van der Waals surface area (Å²) in [6, 6.07) is 19.1. The third kappa shape index (κ3) is 5.31. The quantitative estimate of drug-likeness (QED) is 0.384. The maximum absolute atomic E-state index is 12.7. The van der Waals surface area contributed by atoms with Crippen LogP contribution in [-0.2, 0) is 10.2 Å². The van der Waals surface area contributed by atoms with Gasteiger partial charge in [-0.3, -0.25) is 4.79 Å². The number of carbonyl (C=O) groups excluding carboxylic acids is 1. The largest absolute Gasteiger partial charge is 0.353 e. The second-order valence-electron chi connectivity index (χ2n) is 6.55. The van der Waals surface area contributed by atoms with Crippen molar-refractivity contribution >= 4 is 41.4 Å². The number of carbonyl (C=O) groups is 1. The van der Waals surface area contributed by atoms with Crippen molar-refractivity contribution in [3.63, 3.8) is 0 Å². The highest BCUT2D eigenvalue weighted by molar-refractivity contribution is 7.99. The van der Waals surface area contributed by atoms with Gasteiger partial charge in [0.15, 0.2) is 5.78 Å². The van der Waals surface area contributed by atoms with Gasteiger partial charge in [-0.15, -0.1) is 0 Å². The molecule has 1 N–H and O–H groups in total. The number of ketones is 1. The molecular weight excluding hydrogens is 408 g/mol. The van der Waals surface area contributed by atoms with Gasteiger partial charge in [-0.05, 0) is 54.8 Å². The monoisotopic (exact) mass is 428 g/mol. The Bertz CT molecular complexity index is 937. The van der Waals surface area contributed by atoms with Gasteiger partial charge in [0.05, 0.1) is 16.2 Å². The zero-order valence-corrected chi connectivity index (χ0v) is 17.7. The van der Waals surface area contributed by atoms with Crippen molar-refractivity contribution in [2.24, 2.45) is 0 Å². The molecule has 0 saturated heterocycles. The van der Waals surface area contributed by atoms with Crippen LogP contribution in [0.2, 0.25) is 5.02 Å². The Labute approximate surface area is 179 Å². The minimum Gasteiger partial charge on any atom is -0.353 e. The normalized spacial score (nSPS) is 14.3. The van der Waals surface area contributed by atoms with Gasteiger partial charge in [-0.1, -0.05) is 66.3 Å². The molecule has 0 amide bonds. The maximum atomic E-state index is 12.7. The van der Waals surface area contributed by atoms with Crippen LogP contribution in [0.1, 0.15) is 24.8 Å². The molecule has 0 aliphatic heterocycles. The minimum absolute atomic E-state index is 0.298. The second kappa shape index (κ2) is 10.0. The molecule has 6 heteroatoms. The van der Waals surface area contributed by atoms with Crippen LogP contribution in [-0.4, -0.2) is 21.5 Å². The maximum Gasteiger partial charge on any atom is 0.153 e. The van der Waals surface area contributed by atoms with E-state index in [1.807, 2.05) is 66.9 Å². The van der Waals surface area contributed by atoms with Crippen LogP contribution >= 0.6 is 35.6 Å². The molecule has 0 unspecified atom stereocenters. The first-order valence-corrected chi connectivity index (χ1v) is 10.8. The standard InChI is InChI=1S/C17H16ClNOS.C5H5NS/c18-14-7-5-13(6-8-14)17(9-3-10-17)15(20)12-21-16-4-1-2-11-19-16;7-5-3-1-2-4-6-5/h1-2,4-8,11H,3,9-10,12H2;1-4H,(H,6,7). The zero-order chi connectivity index (χ0) is 19.8. The fourth-order valence-electron chi connectivity index (χ4n) is 3.11. The van der Waals surface area contributed by atoms with E-state index in [1.54, 1.807) is 6.20 Å². The van der Waals surface area contributed by atoms with E-state index in [0.29, 0.717) is 16.6 Å². The van der Waals surface area contributed by atoms with E-state index < -0.39 is 0 Å². The van der Waals surface area contributed by atoms with E-state index in [-0.39, 0.29) is 5.41 Å². The molecule has 1 aromatic carbocycles. The first kappa shape index (κ1) is 20.8. The van der Waals surface area contributed by atoms with E-state index in [0.717, 1.165) is 34.5 Å². The number of aromatic nitrogens is 2. The Morgan fingerprint density at radius 1 is 1.11 bits per heavy atom. The number of benzene rings is 1. The molecule has 0 spiro atoms. The SMILES string of the molecule is O=C(CSc1ccccn1)C1(c2ccc(Cl)cc2)CCC1.S=c1cccc[nH]1. The molecule has 0 bridgehead atoms. The van der Waals surface area contributed by atoms with Crippen LogP contribution in [0, 0.1) is 4.64 Å². The number of H-pyrrole nitrogens is 1. The molecule has 1 fully saturated rings. The number of rotatable bonds is 5. The molecule has 1 saturated carbocycles. The van der Waals surface area contributed by atoms with E-state index in [4.69, 9.17) is 23.8 Å². The Morgan fingerprint density at radius 2 is 1.86 bits per heavy atom. The number of nitrogens with zero attached hydrogens (tertiary/aromatic N) is 1. The highest BCUT2D eigenvalue weighted by atomic mass is 35.5. The number of thioether (sulfide) groups is 1. The van der Waals surface area contributed by atoms with Gasteiger partial charge < -0.3 is 4.98 Å². The van der Waals surface area contributed by atoms with Gasteiger partial charge in [-0.2, -0.15) is 0 Å². The van der Waals surface area contributed by atoms with Crippen molar-refractivity contribution in [1.82, 2.24) is 9.97 Å². The summed E-state index contributed by atoms with van der Waals surface area (Å²) in [4.78, 5) is 19.8. The summed E-state index contributed by atoms with van der Waals surface area (Å²) in [5, 5.41) is 1.61. The lowest BCUT2D eigenvalue weighted by Gasteiger charge is -2.41. The van der Waals surface area contributed by atoms with E-state index in [9.17, 15) is 4.79 Å². The number of pyridine rings is 2. The summed E-state index contributed by atoms with van der Waals surface area (Å²) < 4.78 is 0.780. The fraction of sp³-hybridized carbons (Fsp3) is 0.227. The van der Waals surface area contributed by atoms with Crippen molar-refractivity contribution in [2.75, 3.05) is 5.75 Å². The van der Waals surface area contributed by atoms with Gasteiger partial charge in [0, 0.05) is 17.4 Å². The molecule has 0 atom stereocenters. The predicted molar refractivity (Wildman–Crippen MR) is 119 cm³/mol. The average molecular weight is 429 g/mol. The molecule has 1 aliphatic rings. The molecule has 3 aromatic rings. The second-order valence-corrected chi connectivity index (χ2v) is 8.42. The summed E-state index contributed by atoms with van der Waals surface area (Å²) in [6.07, 6.45) is 6.56. The molecule has 1 aliphatic carbocycles. The van der Waals surface area contributed by atoms with Crippen molar-refractivity contribution < 1.29 is 4.79 Å². The number of hydrogen-bond acceptors (Lipinski definition) is 4. The van der Waals surface area contributed by atoms with Crippen LogP contribution in [0.4, 0.5) is 0 Å². The van der Waals surface area contributed by atoms with Gasteiger partial charge >= 0.3 is 0 Å². The van der Waals surface area contributed by atoms with Crippen molar-refractivity contribution in [2.45, 2.75) is 29.7 Å². The third-order valence-electron chi connectivity index (χ3n) is 4.81. The lowest BCUT2D eigenvalue weighted by molar-refractivity contribution is -0.125. The average Bonchev–Trinajstić information content (AvgIpc) is 2.69. The molecule has 2 heterocycles.